The molecule has 1 aromatic rings. The predicted octanol–water partition coefficient (Wildman–Crippen LogP) is 2.80. The first-order valence-corrected chi connectivity index (χ1v) is 6.34. The van der Waals surface area contributed by atoms with Crippen molar-refractivity contribution in [2.45, 2.75) is 39.3 Å². The molecule has 0 heterocycles. The highest BCUT2D eigenvalue weighted by Gasteiger charge is 2.36. The summed E-state index contributed by atoms with van der Waals surface area (Å²) in [7, 11) is 0. The van der Waals surface area contributed by atoms with Crippen molar-refractivity contribution in [3.8, 4) is 6.07 Å². The summed E-state index contributed by atoms with van der Waals surface area (Å²) >= 11 is 0. The average Bonchev–Trinajstić information content (AvgIpc) is 2.39. The van der Waals surface area contributed by atoms with Crippen LogP contribution in [-0.4, -0.2) is 28.1 Å². The molecule has 4 nitrogen and oxygen atoms in total. The van der Waals surface area contributed by atoms with Gasteiger partial charge < -0.3 is 5.11 Å². The molecule has 0 aliphatic rings. The van der Waals surface area contributed by atoms with E-state index < -0.39 is 11.5 Å². The first-order chi connectivity index (χ1) is 8.84. The molecule has 0 amide bonds. The molecule has 0 radical (unpaired) electrons. The molecule has 19 heavy (non-hydrogen) atoms. The van der Waals surface area contributed by atoms with E-state index in [-0.39, 0.29) is 6.04 Å². The van der Waals surface area contributed by atoms with Gasteiger partial charge in [-0.1, -0.05) is 19.1 Å². The zero-order valence-corrected chi connectivity index (χ0v) is 11.8. The molecule has 0 aromatic heterocycles. The first kappa shape index (κ1) is 15.2. The molecule has 0 aliphatic heterocycles. The van der Waals surface area contributed by atoms with E-state index in [0.717, 1.165) is 5.56 Å². The highest BCUT2D eigenvalue weighted by Crippen LogP contribution is 2.28. The fraction of sp³-hybridized carbons (Fsp3) is 0.467. The van der Waals surface area contributed by atoms with Gasteiger partial charge >= 0.3 is 5.97 Å². The van der Waals surface area contributed by atoms with E-state index in [2.05, 4.69) is 6.07 Å². The van der Waals surface area contributed by atoms with E-state index in [1.165, 1.54) is 0 Å². The van der Waals surface area contributed by atoms with Gasteiger partial charge in [0.2, 0.25) is 0 Å². The van der Waals surface area contributed by atoms with Crippen LogP contribution < -0.4 is 0 Å². The average molecular weight is 260 g/mol. The third kappa shape index (κ3) is 3.12. The largest absolute Gasteiger partial charge is 0.480 e. The molecule has 1 unspecified atom stereocenters. The Morgan fingerprint density at radius 1 is 1.42 bits per heavy atom. The zero-order valence-electron chi connectivity index (χ0n) is 11.8. The maximum atomic E-state index is 11.4. The van der Waals surface area contributed by atoms with Gasteiger partial charge in [0.15, 0.2) is 0 Å². The van der Waals surface area contributed by atoms with E-state index in [9.17, 15) is 9.90 Å². The highest BCUT2D eigenvalue weighted by molar-refractivity contribution is 5.77. The summed E-state index contributed by atoms with van der Waals surface area (Å²) in [5.41, 5.74) is 0.689. The lowest BCUT2D eigenvalue weighted by atomic mass is 9.97. The van der Waals surface area contributed by atoms with Crippen LogP contribution in [0.3, 0.4) is 0 Å². The summed E-state index contributed by atoms with van der Waals surface area (Å²) in [6.07, 6.45) is 0. The molecular weight excluding hydrogens is 240 g/mol. The van der Waals surface area contributed by atoms with Crippen LogP contribution in [0.25, 0.3) is 0 Å². The molecule has 4 heteroatoms. The number of aliphatic carboxylic acids is 1. The number of likely N-dealkylation sites (N-methyl/N-ethyl adjacent to an activating group) is 1. The quantitative estimate of drug-likeness (QED) is 0.884. The van der Waals surface area contributed by atoms with Crippen LogP contribution in [0.1, 0.15) is 44.9 Å². The standard InChI is InChI=1S/C15H20N2O2/c1-5-17(15(3,4)14(18)19)11(2)13-8-6-12(10-16)7-9-13/h6-9,11H,5H2,1-4H3,(H,18,19). The maximum Gasteiger partial charge on any atom is 0.323 e. The number of carbonyl (C=O) groups is 1. The van der Waals surface area contributed by atoms with Crippen molar-refractivity contribution >= 4 is 5.97 Å². The Hall–Kier alpha value is -1.86. The Bertz CT molecular complexity index is 486. The summed E-state index contributed by atoms with van der Waals surface area (Å²) in [4.78, 5) is 13.3. The fourth-order valence-corrected chi connectivity index (χ4v) is 2.29. The number of carboxylic acid groups (broad SMARTS) is 1. The second kappa shape index (κ2) is 5.85. The molecule has 1 aromatic carbocycles. The number of benzene rings is 1. The lowest BCUT2D eigenvalue weighted by molar-refractivity contribution is -0.150. The molecule has 0 saturated carbocycles. The lowest BCUT2D eigenvalue weighted by Gasteiger charge is -2.39. The third-order valence-electron chi connectivity index (χ3n) is 3.57. The minimum Gasteiger partial charge on any atom is -0.480 e. The van der Waals surface area contributed by atoms with Gasteiger partial charge in [0, 0.05) is 6.04 Å². The molecular formula is C15H20N2O2. The molecule has 102 valence electrons. The van der Waals surface area contributed by atoms with Gasteiger partial charge in [-0.05, 0) is 45.0 Å². The zero-order chi connectivity index (χ0) is 14.6. The minimum atomic E-state index is -0.929. The van der Waals surface area contributed by atoms with Crippen molar-refractivity contribution in [3.05, 3.63) is 35.4 Å². The second-order valence-electron chi connectivity index (χ2n) is 5.06. The fourth-order valence-electron chi connectivity index (χ4n) is 2.29. The molecule has 1 atom stereocenters. The number of hydrogen-bond acceptors (Lipinski definition) is 3. The topological polar surface area (TPSA) is 64.3 Å². The number of nitrogens with zero attached hydrogens (tertiary/aromatic N) is 2. The van der Waals surface area contributed by atoms with Crippen molar-refractivity contribution in [2.24, 2.45) is 0 Å². The molecule has 1 N–H and O–H groups in total. The van der Waals surface area contributed by atoms with E-state index in [1.54, 1.807) is 26.0 Å². The smallest absolute Gasteiger partial charge is 0.323 e. The Labute approximate surface area is 114 Å². The summed E-state index contributed by atoms with van der Waals surface area (Å²) < 4.78 is 0. The van der Waals surface area contributed by atoms with Gasteiger partial charge in [-0.2, -0.15) is 5.26 Å². The van der Waals surface area contributed by atoms with Gasteiger partial charge in [0.1, 0.15) is 5.54 Å². The number of hydrogen-bond donors (Lipinski definition) is 1. The molecule has 1 rings (SSSR count). The van der Waals surface area contributed by atoms with Crippen LogP contribution in [0.4, 0.5) is 0 Å². The Kier molecular flexibility index (Phi) is 4.68. The van der Waals surface area contributed by atoms with Crippen LogP contribution >= 0.6 is 0 Å². The van der Waals surface area contributed by atoms with Crippen molar-refractivity contribution in [1.82, 2.24) is 4.90 Å². The van der Waals surface area contributed by atoms with Gasteiger partial charge in [-0.25, -0.2) is 0 Å². The van der Waals surface area contributed by atoms with Crippen molar-refractivity contribution < 1.29 is 9.90 Å². The second-order valence-corrected chi connectivity index (χ2v) is 5.06. The van der Waals surface area contributed by atoms with Gasteiger partial charge in [0.25, 0.3) is 0 Å². The van der Waals surface area contributed by atoms with Crippen LogP contribution in [-0.2, 0) is 4.79 Å². The van der Waals surface area contributed by atoms with E-state index >= 15 is 0 Å². The summed E-state index contributed by atoms with van der Waals surface area (Å²) in [5.74, 6) is -0.838. The van der Waals surface area contributed by atoms with E-state index in [1.807, 2.05) is 30.9 Å². The van der Waals surface area contributed by atoms with Crippen molar-refractivity contribution in [3.63, 3.8) is 0 Å². The lowest BCUT2D eigenvalue weighted by Crippen LogP contribution is -2.50. The molecule has 0 saturated heterocycles. The maximum absolute atomic E-state index is 11.4. The monoisotopic (exact) mass is 260 g/mol. The summed E-state index contributed by atoms with van der Waals surface area (Å²) in [5, 5.41) is 18.1. The normalized spacial score (nSPS) is 13.1. The molecule has 0 spiro atoms. The SMILES string of the molecule is CCN(C(C)c1ccc(C#N)cc1)C(C)(C)C(=O)O. The van der Waals surface area contributed by atoms with Gasteiger partial charge in [0.05, 0.1) is 11.6 Å². The molecule has 0 bridgehead atoms. The van der Waals surface area contributed by atoms with Crippen LogP contribution in [0.2, 0.25) is 0 Å². The van der Waals surface area contributed by atoms with Crippen molar-refractivity contribution in [1.29, 1.82) is 5.26 Å². The van der Waals surface area contributed by atoms with Crippen LogP contribution in [0, 0.1) is 11.3 Å². The van der Waals surface area contributed by atoms with Gasteiger partial charge in [-0.3, -0.25) is 9.69 Å². The van der Waals surface area contributed by atoms with Crippen LogP contribution in [0.15, 0.2) is 24.3 Å². The van der Waals surface area contributed by atoms with Gasteiger partial charge in [-0.15, -0.1) is 0 Å². The summed E-state index contributed by atoms with van der Waals surface area (Å²) in [6.45, 7) is 7.98. The Morgan fingerprint density at radius 3 is 2.32 bits per heavy atom. The summed E-state index contributed by atoms with van der Waals surface area (Å²) in [6, 6.07) is 9.33. The third-order valence-corrected chi connectivity index (χ3v) is 3.57. The van der Waals surface area contributed by atoms with Crippen LogP contribution in [0.5, 0.6) is 0 Å². The molecule has 0 fully saturated rings. The minimum absolute atomic E-state index is 0.0242. The van der Waals surface area contributed by atoms with E-state index in [0.29, 0.717) is 12.1 Å². The van der Waals surface area contributed by atoms with Crippen molar-refractivity contribution in [2.75, 3.05) is 6.54 Å². The number of rotatable bonds is 5. The van der Waals surface area contributed by atoms with E-state index in [4.69, 9.17) is 5.26 Å². The Balaban J connectivity index is 3.05. The first-order valence-electron chi connectivity index (χ1n) is 6.34. The predicted molar refractivity (Wildman–Crippen MR) is 73.7 cm³/mol. The highest BCUT2D eigenvalue weighted by atomic mass is 16.4. The molecule has 0 aliphatic carbocycles. The number of nitriles is 1. The Morgan fingerprint density at radius 2 is 1.95 bits per heavy atom. The number of carboxylic acids is 1.